The van der Waals surface area contributed by atoms with Crippen LogP contribution >= 0.6 is 0 Å². The van der Waals surface area contributed by atoms with Crippen molar-refractivity contribution in [2.75, 3.05) is 40.9 Å². The minimum Gasteiger partial charge on any atom is -0.480 e. The number of amides is 6. The fraction of sp³-hybridized carbons (Fsp3) is 0.700. The Balaban J connectivity index is 1.21. The monoisotopic (exact) mass is 921 g/mol. The molecule has 2 bridgehead atoms. The summed E-state index contributed by atoms with van der Waals surface area (Å²) in [6.45, 7) is 11.2. The molecule has 16 nitrogen and oxygen atoms in total. The number of nitrogens with zero attached hydrogens (tertiary/aromatic N) is 4. The molecule has 11 atom stereocenters. The third-order valence-corrected chi connectivity index (χ3v) is 14.8. The van der Waals surface area contributed by atoms with Gasteiger partial charge in [0.15, 0.2) is 0 Å². The predicted molar refractivity (Wildman–Crippen MR) is 249 cm³/mol. The maximum absolute atomic E-state index is 14.7. The van der Waals surface area contributed by atoms with Crippen LogP contribution in [0.4, 0.5) is 0 Å². The second kappa shape index (κ2) is 24.4. The van der Waals surface area contributed by atoms with E-state index in [0.29, 0.717) is 38.4 Å². The van der Waals surface area contributed by atoms with Crippen LogP contribution in [0.1, 0.15) is 111 Å². The zero-order valence-electron chi connectivity index (χ0n) is 40.5. The van der Waals surface area contributed by atoms with Crippen LogP contribution < -0.4 is 10.6 Å². The number of hydrogen-bond donors (Lipinski definition) is 3. The van der Waals surface area contributed by atoms with Gasteiger partial charge in [0.25, 0.3) is 11.8 Å². The Labute approximate surface area is 391 Å². The van der Waals surface area contributed by atoms with Gasteiger partial charge in [0, 0.05) is 59.0 Å². The number of fused-ring (bicyclic) bond motifs is 2. The number of likely N-dealkylation sites (N-methyl/N-ethyl adjacent to an activating group) is 1. The van der Waals surface area contributed by atoms with Crippen molar-refractivity contribution in [3.05, 3.63) is 48.0 Å². The minimum atomic E-state index is -1.15. The van der Waals surface area contributed by atoms with Gasteiger partial charge >= 0.3 is 5.97 Å². The first kappa shape index (κ1) is 52.3. The number of ether oxygens (including phenoxy) is 2. The van der Waals surface area contributed by atoms with Gasteiger partial charge in [-0.25, -0.2) is 4.79 Å². The van der Waals surface area contributed by atoms with Crippen molar-refractivity contribution in [3.63, 3.8) is 0 Å². The fourth-order valence-electron chi connectivity index (χ4n) is 11.0. The van der Waals surface area contributed by atoms with Gasteiger partial charge in [0.1, 0.15) is 12.1 Å². The average Bonchev–Trinajstić information content (AvgIpc) is 4.12. The summed E-state index contributed by atoms with van der Waals surface area (Å²) in [5.74, 6) is -3.56. The molecule has 366 valence electrons. The van der Waals surface area contributed by atoms with Gasteiger partial charge in [-0.2, -0.15) is 0 Å². The third-order valence-electron chi connectivity index (χ3n) is 14.8. The van der Waals surface area contributed by atoms with Crippen LogP contribution in [-0.4, -0.2) is 155 Å². The number of carbonyl (C=O) groups excluding carboxylic acids is 6. The zero-order chi connectivity index (χ0) is 48.2. The number of carboxylic acid groups (broad SMARTS) is 1. The summed E-state index contributed by atoms with van der Waals surface area (Å²) < 4.78 is 12.0. The largest absolute Gasteiger partial charge is 0.480 e. The van der Waals surface area contributed by atoms with Crippen molar-refractivity contribution < 1.29 is 48.1 Å². The average molecular weight is 921 g/mol. The quantitative estimate of drug-likeness (QED) is 0.0891. The van der Waals surface area contributed by atoms with Crippen LogP contribution in [0.15, 0.2) is 42.5 Å². The van der Waals surface area contributed by atoms with E-state index in [-0.39, 0.29) is 66.2 Å². The molecule has 3 heterocycles. The fourth-order valence-corrected chi connectivity index (χ4v) is 11.0. The molecule has 6 amide bonds. The van der Waals surface area contributed by atoms with Crippen molar-refractivity contribution in [1.82, 2.24) is 30.2 Å². The number of hydrogen-bond acceptors (Lipinski definition) is 10. The number of carbonyl (C=O) groups is 7. The number of benzene rings is 1. The van der Waals surface area contributed by atoms with Crippen molar-refractivity contribution in [3.8, 4) is 0 Å². The standard InChI is InChI=1S/C50H76N6O10/c1-9-32(4)44(39(65-7)30-42(59)55-27-17-20-38(55)46(66-8)33(5)47(60)51-37(50(63)64)28-34-18-13-12-14-19-34)53(6)49(62)43(31(2)3)52-48(61)45-35-21-22-36(29-35)54(45)25-15-10-11-16-26-56-40(57)23-24-41(56)58/h12-14,18-19,23-24,31-33,35-39,43-46H,9-11,15-17,20-22,25-30H2,1-8H3,(H,51,60)(H,52,61)(H,63,64)/t32-,33+,35-,36+,37-,38-,39+,43-,44-,45-,46+/m0/s1. The molecule has 3 aliphatic heterocycles. The number of aliphatic carboxylic acids is 1. The Bertz CT molecular complexity index is 1860. The zero-order valence-corrected chi connectivity index (χ0v) is 40.5. The molecular weight excluding hydrogens is 845 g/mol. The van der Waals surface area contributed by atoms with Gasteiger partial charge in [0.2, 0.25) is 23.6 Å². The minimum absolute atomic E-state index is 0.0285. The first-order chi connectivity index (χ1) is 31.5. The van der Waals surface area contributed by atoms with E-state index < -0.39 is 54.2 Å². The number of carboxylic acids is 1. The van der Waals surface area contributed by atoms with Crippen LogP contribution in [0, 0.1) is 23.7 Å². The Morgan fingerprint density at radius 3 is 2.15 bits per heavy atom. The number of imide groups is 1. The summed E-state index contributed by atoms with van der Waals surface area (Å²) in [7, 11) is 4.78. The number of nitrogens with one attached hydrogen (secondary N) is 2. The summed E-state index contributed by atoms with van der Waals surface area (Å²) >= 11 is 0. The lowest BCUT2D eigenvalue weighted by Crippen LogP contribution is -2.60. The SMILES string of the molecule is CC[C@H](C)[C@@H]([C@@H](CC(=O)N1CCC[C@H]1[C@H](OC)[C@@H](C)C(=O)N[C@@H](Cc1ccccc1)C(=O)O)OC)N(C)C(=O)[C@@H](NC(=O)[C@@H]1[C@H]2CC[C@H](C2)N1CCCCCCN1C(=O)C=CC1=O)C(C)C. The molecule has 1 aliphatic carbocycles. The van der Waals surface area contributed by atoms with Gasteiger partial charge in [-0.1, -0.05) is 84.2 Å². The highest BCUT2D eigenvalue weighted by Gasteiger charge is 2.50. The number of piperidine rings is 1. The molecule has 66 heavy (non-hydrogen) atoms. The van der Waals surface area contributed by atoms with E-state index in [1.165, 1.54) is 24.2 Å². The predicted octanol–water partition coefficient (Wildman–Crippen LogP) is 4.20. The van der Waals surface area contributed by atoms with Crippen LogP contribution in [0.2, 0.25) is 0 Å². The number of likely N-dealkylation sites (tertiary alicyclic amines) is 2. The summed E-state index contributed by atoms with van der Waals surface area (Å²) in [6.07, 6.45) is 9.69. The molecule has 0 spiro atoms. The van der Waals surface area contributed by atoms with E-state index in [1.807, 2.05) is 58.0 Å². The summed E-state index contributed by atoms with van der Waals surface area (Å²) in [5, 5.41) is 15.8. The highest BCUT2D eigenvalue weighted by Crippen LogP contribution is 2.43. The molecule has 4 aliphatic rings. The van der Waals surface area contributed by atoms with Gasteiger partial charge in [0.05, 0.1) is 42.7 Å². The summed E-state index contributed by atoms with van der Waals surface area (Å²) in [6, 6.07) is 6.20. The molecule has 1 aromatic carbocycles. The smallest absolute Gasteiger partial charge is 0.326 e. The van der Waals surface area contributed by atoms with Gasteiger partial charge in [-0.05, 0) is 74.8 Å². The Morgan fingerprint density at radius 2 is 1.55 bits per heavy atom. The maximum atomic E-state index is 14.7. The van der Waals surface area contributed by atoms with Crippen molar-refractivity contribution in [1.29, 1.82) is 0 Å². The molecule has 3 fully saturated rings. The lowest BCUT2D eigenvalue weighted by molar-refractivity contribution is -0.148. The van der Waals surface area contributed by atoms with Crippen LogP contribution in [0.3, 0.4) is 0 Å². The van der Waals surface area contributed by atoms with Crippen LogP contribution in [-0.2, 0) is 49.5 Å². The van der Waals surface area contributed by atoms with Gasteiger partial charge in [-0.3, -0.25) is 38.6 Å². The normalized spacial score (nSPS) is 23.7. The molecule has 16 heteroatoms. The lowest BCUT2D eigenvalue weighted by Gasteiger charge is -2.41. The van der Waals surface area contributed by atoms with E-state index in [9.17, 15) is 38.7 Å². The lowest BCUT2D eigenvalue weighted by atomic mass is 9.89. The van der Waals surface area contributed by atoms with Crippen molar-refractivity contribution in [2.24, 2.45) is 23.7 Å². The highest BCUT2D eigenvalue weighted by atomic mass is 16.5. The van der Waals surface area contributed by atoms with E-state index in [1.54, 1.807) is 30.9 Å². The second-order valence-electron chi connectivity index (χ2n) is 19.4. The summed E-state index contributed by atoms with van der Waals surface area (Å²) in [4.78, 5) is 99.9. The maximum Gasteiger partial charge on any atom is 0.326 e. The Kier molecular flexibility index (Phi) is 19.3. The van der Waals surface area contributed by atoms with Gasteiger partial charge in [-0.15, -0.1) is 0 Å². The van der Waals surface area contributed by atoms with Crippen molar-refractivity contribution >= 4 is 41.4 Å². The molecule has 2 saturated heterocycles. The number of methoxy groups -OCH3 is 2. The first-order valence-corrected chi connectivity index (χ1v) is 24.3. The summed E-state index contributed by atoms with van der Waals surface area (Å²) in [5.41, 5.74) is 0.778. The van der Waals surface area contributed by atoms with E-state index in [4.69, 9.17) is 9.47 Å². The molecule has 3 N–H and O–H groups in total. The molecule has 0 unspecified atom stereocenters. The second-order valence-corrected chi connectivity index (χ2v) is 19.4. The number of rotatable bonds is 26. The van der Waals surface area contributed by atoms with Gasteiger partial charge < -0.3 is 35.0 Å². The van der Waals surface area contributed by atoms with E-state index in [2.05, 4.69) is 15.5 Å². The highest BCUT2D eigenvalue weighted by molar-refractivity contribution is 6.12. The Hall–Kier alpha value is -4.67. The van der Waals surface area contributed by atoms with Crippen LogP contribution in [0.5, 0.6) is 0 Å². The molecule has 1 saturated carbocycles. The van der Waals surface area contributed by atoms with E-state index in [0.717, 1.165) is 57.1 Å². The van der Waals surface area contributed by atoms with Crippen molar-refractivity contribution in [2.45, 2.75) is 160 Å². The molecule has 5 rings (SSSR count). The molecule has 1 aromatic rings. The number of unbranched alkanes of at least 4 members (excludes halogenated alkanes) is 3. The topological polar surface area (TPSA) is 195 Å². The molecule has 0 radical (unpaired) electrons. The Morgan fingerprint density at radius 1 is 0.879 bits per heavy atom. The molecular formula is C50H76N6O10. The first-order valence-electron chi connectivity index (χ1n) is 24.3. The third kappa shape index (κ3) is 12.6. The van der Waals surface area contributed by atoms with Crippen LogP contribution in [0.25, 0.3) is 0 Å². The molecule has 0 aromatic heterocycles. The van der Waals surface area contributed by atoms with E-state index >= 15 is 0 Å².